The van der Waals surface area contributed by atoms with Gasteiger partial charge in [0.05, 0.1) is 18.3 Å². The van der Waals surface area contributed by atoms with Crippen molar-refractivity contribution < 1.29 is 4.52 Å². The van der Waals surface area contributed by atoms with Gasteiger partial charge in [-0.15, -0.1) is 0 Å². The Morgan fingerprint density at radius 2 is 2.10 bits per heavy atom. The summed E-state index contributed by atoms with van der Waals surface area (Å²) in [6.45, 7) is 4.72. The van der Waals surface area contributed by atoms with E-state index in [4.69, 9.17) is 4.52 Å². The van der Waals surface area contributed by atoms with E-state index in [1.807, 2.05) is 24.3 Å². The molecule has 1 heterocycles. The molecule has 0 aliphatic heterocycles. The molecule has 1 aromatic carbocycles. The molecule has 5 nitrogen and oxygen atoms in total. The van der Waals surface area contributed by atoms with Crippen molar-refractivity contribution in [3.05, 3.63) is 53.4 Å². The van der Waals surface area contributed by atoms with Crippen LogP contribution in [0.4, 0.5) is 0 Å². The van der Waals surface area contributed by atoms with Crippen molar-refractivity contribution in [2.24, 2.45) is 4.99 Å². The fourth-order valence-electron chi connectivity index (χ4n) is 2.00. The van der Waals surface area contributed by atoms with Gasteiger partial charge in [0, 0.05) is 13.1 Å². The van der Waals surface area contributed by atoms with Gasteiger partial charge in [0.1, 0.15) is 0 Å². The van der Waals surface area contributed by atoms with E-state index in [1.54, 1.807) is 7.05 Å². The SMILES string of the molecule is CCc1cc(CNC(=NC)NC(C)c2ccccc2)on1. The van der Waals surface area contributed by atoms with Crippen LogP contribution in [0.3, 0.4) is 0 Å². The van der Waals surface area contributed by atoms with Crippen molar-refractivity contribution in [2.45, 2.75) is 32.9 Å². The zero-order valence-electron chi connectivity index (χ0n) is 12.8. The quantitative estimate of drug-likeness (QED) is 0.655. The molecule has 0 saturated heterocycles. The van der Waals surface area contributed by atoms with Gasteiger partial charge in [0.25, 0.3) is 0 Å². The van der Waals surface area contributed by atoms with E-state index in [0.29, 0.717) is 6.54 Å². The molecule has 5 heteroatoms. The number of hydrogen-bond donors (Lipinski definition) is 2. The molecule has 112 valence electrons. The first-order valence-corrected chi connectivity index (χ1v) is 7.19. The van der Waals surface area contributed by atoms with Crippen LogP contribution in [0.5, 0.6) is 0 Å². The summed E-state index contributed by atoms with van der Waals surface area (Å²) in [4.78, 5) is 4.23. The summed E-state index contributed by atoms with van der Waals surface area (Å²) in [5, 5.41) is 10.6. The van der Waals surface area contributed by atoms with Crippen molar-refractivity contribution in [3.63, 3.8) is 0 Å². The molecular formula is C16H22N4O. The summed E-state index contributed by atoms with van der Waals surface area (Å²) >= 11 is 0. The zero-order valence-corrected chi connectivity index (χ0v) is 12.8. The van der Waals surface area contributed by atoms with Crippen molar-refractivity contribution in [1.29, 1.82) is 0 Å². The number of benzene rings is 1. The lowest BCUT2D eigenvalue weighted by Crippen LogP contribution is -2.38. The number of nitrogens with zero attached hydrogens (tertiary/aromatic N) is 2. The minimum atomic E-state index is 0.179. The fraction of sp³-hybridized carbons (Fsp3) is 0.375. The van der Waals surface area contributed by atoms with Gasteiger partial charge in [-0.3, -0.25) is 4.99 Å². The minimum Gasteiger partial charge on any atom is -0.359 e. The lowest BCUT2D eigenvalue weighted by Gasteiger charge is -2.17. The highest BCUT2D eigenvalue weighted by Crippen LogP contribution is 2.10. The van der Waals surface area contributed by atoms with E-state index in [-0.39, 0.29) is 6.04 Å². The van der Waals surface area contributed by atoms with Crippen LogP contribution in [-0.4, -0.2) is 18.2 Å². The van der Waals surface area contributed by atoms with Crippen LogP contribution >= 0.6 is 0 Å². The van der Waals surface area contributed by atoms with Gasteiger partial charge < -0.3 is 15.2 Å². The third-order valence-electron chi connectivity index (χ3n) is 3.28. The summed E-state index contributed by atoms with van der Waals surface area (Å²) in [5.41, 5.74) is 2.18. The summed E-state index contributed by atoms with van der Waals surface area (Å²) in [5.74, 6) is 1.54. The van der Waals surface area contributed by atoms with Crippen LogP contribution in [0.15, 0.2) is 45.9 Å². The van der Waals surface area contributed by atoms with E-state index < -0.39 is 0 Å². The van der Waals surface area contributed by atoms with E-state index >= 15 is 0 Å². The van der Waals surface area contributed by atoms with Gasteiger partial charge in [-0.05, 0) is 18.9 Å². The summed E-state index contributed by atoms with van der Waals surface area (Å²) in [6, 6.07) is 12.4. The Labute approximate surface area is 125 Å². The average Bonchev–Trinajstić information content (AvgIpc) is 3.00. The smallest absolute Gasteiger partial charge is 0.191 e. The topological polar surface area (TPSA) is 62.5 Å². The third kappa shape index (κ3) is 4.34. The maximum absolute atomic E-state index is 5.24. The third-order valence-corrected chi connectivity index (χ3v) is 3.28. The molecule has 1 aromatic heterocycles. The maximum atomic E-state index is 5.24. The van der Waals surface area contributed by atoms with Crippen LogP contribution in [0.1, 0.15) is 36.9 Å². The highest BCUT2D eigenvalue weighted by atomic mass is 16.5. The number of aryl methyl sites for hydroxylation is 1. The Bertz CT molecular complexity index is 577. The zero-order chi connectivity index (χ0) is 15.1. The molecule has 1 atom stereocenters. The van der Waals surface area contributed by atoms with E-state index in [9.17, 15) is 0 Å². The van der Waals surface area contributed by atoms with E-state index in [0.717, 1.165) is 23.8 Å². The lowest BCUT2D eigenvalue weighted by molar-refractivity contribution is 0.374. The van der Waals surface area contributed by atoms with Gasteiger partial charge in [0.2, 0.25) is 0 Å². The molecule has 0 spiro atoms. The Hall–Kier alpha value is -2.30. The molecule has 2 aromatic rings. The number of rotatable bonds is 5. The standard InChI is InChI=1S/C16H22N4O/c1-4-14-10-15(21-20-14)11-18-16(17-3)19-12(2)13-8-6-5-7-9-13/h5-10,12H,4,11H2,1-3H3,(H2,17,18,19). The van der Waals surface area contributed by atoms with Crippen molar-refractivity contribution in [1.82, 2.24) is 15.8 Å². The Balaban J connectivity index is 1.89. The van der Waals surface area contributed by atoms with Gasteiger partial charge in [-0.2, -0.15) is 0 Å². The highest BCUT2D eigenvalue weighted by Gasteiger charge is 2.08. The number of aliphatic imine (C=N–C) groups is 1. The minimum absolute atomic E-state index is 0.179. The van der Waals surface area contributed by atoms with E-state index in [1.165, 1.54) is 5.56 Å². The molecule has 0 radical (unpaired) electrons. The molecule has 21 heavy (non-hydrogen) atoms. The number of nitrogens with one attached hydrogen (secondary N) is 2. The number of guanidine groups is 1. The van der Waals surface area contributed by atoms with Crippen molar-refractivity contribution >= 4 is 5.96 Å². The summed E-state index contributed by atoms with van der Waals surface area (Å²) in [6.07, 6.45) is 0.877. The van der Waals surface area contributed by atoms with Gasteiger partial charge in [0.15, 0.2) is 11.7 Å². The van der Waals surface area contributed by atoms with Crippen molar-refractivity contribution in [3.8, 4) is 0 Å². The molecule has 1 unspecified atom stereocenters. The van der Waals surface area contributed by atoms with Crippen LogP contribution in [0.2, 0.25) is 0 Å². The van der Waals surface area contributed by atoms with Crippen LogP contribution in [0, 0.1) is 0 Å². The molecule has 2 N–H and O–H groups in total. The number of aromatic nitrogens is 1. The first-order chi connectivity index (χ1) is 10.2. The molecule has 0 fully saturated rings. The Morgan fingerprint density at radius 1 is 1.33 bits per heavy atom. The van der Waals surface area contributed by atoms with Crippen molar-refractivity contribution in [2.75, 3.05) is 7.05 Å². The van der Waals surface area contributed by atoms with E-state index in [2.05, 4.69) is 46.8 Å². The van der Waals surface area contributed by atoms with Gasteiger partial charge >= 0.3 is 0 Å². The first kappa shape index (κ1) is 15.1. The molecule has 0 aliphatic carbocycles. The molecule has 0 aliphatic rings. The Kier molecular flexibility index (Phi) is 5.37. The second-order valence-corrected chi connectivity index (χ2v) is 4.84. The summed E-state index contributed by atoms with van der Waals surface area (Å²) < 4.78 is 5.24. The fourth-order valence-corrected chi connectivity index (χ4v) is 2.00. The molecular weight excluding hydrogens is 264 g/mol. The summed E-state index contributed by atoms with van der Waals surface area (Å²) in [7, 11) is 1.75. The Morgan fingerprint density at radius 3 is 2.71 bits per heavy atom. The second kappa shape index (κ2) is 7.47. The lowest BCUT2D eigenvalue weighted by atomic mass is 10.1. The monoisotopic (exact) mass is 286 g/mol. The van der Waals surface area contributed by atoms with Crippen LogP contribution in [0.25, 0.3) is 0 Å². The van der Waals surface area contributed by atoms with Crippen LogP contribution < -0.4 is 10.6 Å². The van der Waals surface area contributed by atoms with Gasteiger partial charge in [-0.25, -0.2) is 0 Å². The molecule has 0 saturated carbocycles. The highest BCUT2D eigenvalue weighted by molar-refractivity contribution is 5.80. The second-order valence-electron chi connectivity index (χ2n) is 4.84. The molecule has 0 amide bonds. The molecule has 0 bridgehead atoms. The van der Waals surface area contributed by atoms with Crippen LogP contribution in [-0.2, 0) is 13.0 Å². The predicted molar refractivity (Wildman–Crippen MR) is 84.1 cm³/mol. The maximum Gasteiger partial charge on any atom is 0.191 e. The van der Waals surface area contributed by atoms with Gasteiger partial charge in [-0.1, -0.05) is 42.4 Å². The molecule has 2 rings (SSSR count). The predicted octanol–water partition coefficient (Wildman–Crippen LogP) is 2.66. The normalized spacial score (nSPS) is 13.0. The largest absolute Gasteiger partial charge is 0.359 e. The average molecular weight is 286 g/mol. The first-order valence-electron chi connectivity index (χ1n) is 7.19. The number of hydrogen-bond acceptors (Lipinski definition) is 3.